The smallest absolute Gasteiger partial charge is 0.328 e. The van der Waals surface area contributed by atoms with Gasteiger partial charge in [-0.25, -0.2) is 9.59 Å². The summed E-state index contributed by atoms with van der Waals surface area (Å²) in [6, 6.07) is 15.3. The van der Waals surface area contributed by atoms with E-state index < -0.39 is 18.0 Å². The van der Waals surface area contributed by atoms with Gasteiger partial charge in [0.25, 0.3) is 0 Å². The van der Waals surface area contributed by atoms with Crippen molar-refractivity contribution in [3.8, 4) is 11.5 Å². The molecule has 0 fully saturated rings. The zero-order valence-corrected chi connectivity index (χ0v) is 15.7. The lowest BCUT2D eigenvalue weighted by atomic mass is 10.1. The molecule has 2 aromatic rings. The van der Waals surface area contributed by atoms with Crippen molar-refractivity contribution in [1.29, 1.82) is 0 Å². The van der Waals surface area contributed by atoms with E-state index in [9.17, 15) is 9.59 Å². The summed E-state index contributed by atoms with van der Waals surface area (Å²) >= 11 is 0. The van der Waals surface area contributed by atoms with Gasteiger partial charge in [0.05, 0.1) is 12.3 Å². The Hall–Kier alpha value is -3.02. The van der Waals surface area contributed by atoms with Crippen LogP contribution in [0.15, 0.2) is 54.6 Å². The molecule has 0 radical (unpaired) electrons. The second-order valence-corrected chi connectivity index (χ2v) is 5.96. The molecule has 0 aliphatic carbocycles. The molecular weight excluding hydrogens is 344 g/mol. The van der Waals surface area contributed by atoms with Crippen LogP contribution in [0.2, 0.25) is 0 Å². The molecule has 2 N–H and O–H groups in total. The molecule has 0 spiro atoms. The Balaban J connectivity index is 2.04. The Labute approximate surface area is 159 Å². The average Bonchev–Trinajstić information content (AvgIpc) is 2.67. The Kier molecular flexibility index (Phi) is 8.16. The van der Waals surface area contributed by atoms with Gasteiger partial charge in [0.15, 0.2) is 5.75 Å². The highest BCUT2D eigenvalue weighted by atomic mass is 16.5. The first-order chi connectivity index (χ1) is 13.1. The fourth-order valence-corrected chi connectivity index (χ4v) is 2.49. The molecule has 1 atom stereocenters. The molecule has 0 aliphatic rings. The fourth-order valence-electron chi connectivity index (χ4n) is 2.49. The number of rotatable bonds is 9. The number of ether oxygens (including phenoxy) is 2. The molecule has 6 nitrogen and oxygen atoms in total. The highest BCUT2D eigenvalue weighted by molar-refractivity contribution is 5.93. The summed E-state index contributed by atoms with van der Waals surface area (Å²) in [5.41, 5.74) is 0.511. The number of para-hydroxylation sites is 3. The highest BCUT2D eigenvalue weighted by Gasteiger charge is 2.22. The van der Waals surface area contributed by atoms with Crippen LogP contribution >= 0.6 is 0 Å². The summed E-state index contributed by atoms with van der Waals surface area (Å²) in [4.78, 5) is 24.5. The van der Waals surface area contributed by atoms with Crippen LogP contribution in [-0.4, -0.2) is 24.6 Å². The number of benzene rings is 2. The minimum Gasteiger partial charge on any atom is -0.464 e. The van der Waals surface area contributed by atoms with Crippen LogP contribution in [0.25, 0.3) is 0 Å². The van der Waals surface area contributed by atoms with Crippen molar-refractivity contribution < 1.29 is 19.1 Å². The number of anilines is 1. The maximum absolute atomic E-state index is 12.4. The van der Waals surface area contributed by atoms with E-state index in [4.69, 9.17) is 9.47 Å². The minimum absolute atomic E-state index is 0.276. The van der Waals surface area contributed by atoms with E-state index in [1.165, 1.54) is 0 Å². The molecule has 1 unspecified atom stereocenters. The Bertz CT molecular complexity index is 734. The maximum Gasteiger partial charge on any atom is 0.328 e. The van der Waals surface area contributed by atoms with Gasteiger partial charge >= 0.3 is 12.0 Å². The van der Waals surface area contributed by atoms with Crippen LogP contribution in [0.5, 0.6) is 11.5 Å². The third-order valence-electron chi connectivity index (χ3n) is 3.83. The molecule has 0 saturated heterocycles. The predicted molar refractivity (Wildman–Crippen MR) is 105 cm³/mol. The molecule has 2 aromatic carbocycles. The maximum atomic E-state index is 12.4. The van der Waals surface area contributed by atoms with E-state index in [0.29, 0.717) is 23.6 Å². The van der Waals surface area contributed by atoms with Crippen LogP contribution < -0.4 is 15.4 Å². The number of esters is 1. The quantitative estimate of drug-likeness (QED) is 0.626. The van der Waals surface area contributed by atoms with Crippen LogP contribution in [0.3, 0.4) is 0 Å². The summed E-state index contributed by atoms with van der Waals surface area (Å²) in [5, 5.41) is 5.45. The van der Waals surface area contributed by atoms with Crippen molar-refractivity contribution in [2.24, 2.45) is 0 Å². The van der Waals surface area contributed by atoms with E-state index in [-0.39, 0.29) is 6.61 Å². The molecule has 144 valence electrons. The Morgan fingerprint density at radius 3 is 2.41 bits per heavy atom. The molecule has 0 heterocycles. The Morgan fingerprint density at radius 2 is 1.70 bits per heavy atom. The van der Waals surface area contributed by atoms with Crippen LogP contribution in [0, 0.1) is 0 Å². The van der Waals surface area contributed by atoms with Crippen molar-refractivity contribution in [1.82, 2.24) is 5.32 Å². The van der Waals surface area contributed by atoms with Crippen molar-refractivity contribution >= 4 is 17.7 Å². The lowest BCUT2D eigenvalue weighted by Gasteiger charge is -2.18. The van der Waals surface area contributed by atoms with Gasteiger partial charge in [0.2, 0.25) is 0 Å². The molecule has 0 saturated carbocycles. The monoisotopic (exact) mass is 370 g/mol. The SMILES string of the molecule is CCCCC(NC(=O)Nc1ccccc1Oc1ccccc1)C(=O)OCC. The third-order valence-corrected chi connectivity index (χ3v) is 3.83. The van der Waals surface area contributed by atoms with Gasteiger partial charge in [-0.3, -0.25) is 0 Å². The van der Waals surface area contributed by atoms with Gasteiger partial charge < -0.3 is 20.1 Å². The standard InChI is InChI=1S/C21H26N2O4/c1-3-5-13-18(20(24)26-4-2)23-21(25)22-17-14-9-10-15-19(17)27-16-11-7-6-8-12-16/h6-12,14-15,18H,3-5,13H2,1-2H3,(H2,22,23,25). The van der Waals surface area contributed by atoms with Crippen molar-refractivity contribution in [3.05, 3.63) is 54.6 Å². The summed E-state index contributed by atoms with van der Waals surface area (Å²) in [6.07, 6.45) is 2.27. The minimum atomic E-state index is -0.674. The molecule has 6 heteroatoms. The number of carbonyl (C=O) groups excluding carboxylic acids is 2. The molecular formula is C21H26N2O4. The van der Waals surface area contributed by atoms with E-state index >= 15 is 0 Å². The van der Waals surface area contributed by atoms with Gasteiger partial charge in [-0.1, -0.05) is 50.1 Å². The van der Waals surface area contributed by atoms with Gasteiger partial charge in [-0.2, -0.15) is 0 Å². The van der Waals surface area contributed by atoms with Crippen molar-refractivity contribution in [2.45, 2.75) is 39.2 Å². The number of urea groups is 1. The number of hydrogen-bond acceptors (Lipinski definition) is 4. The molecule has 0 bridgehead atoms. The first-order valence-electron chi connectivity index (χ1n) is 9.20. The van der Waals surface area contributed by atoms with Crippen molar-refractivity contribution in [3.63, 3.8) is 0 Å². The highest BCUT2D eigenvalue weighted by Crippen LogP contribution is 2.29. The van der Waals surface area contributed by atoms with Gasteiger partial charge in [-0.15, -0.1) is 0 Å². The normalized spacial score (nSPS) is 11.3. The second kappa shape index (κ2) is 10.9. The zero-order chi connectivity index (χ0) is 19.5. The lowest BCUT2D eigenvalue weighted by molar-refractivity contribution is -0.145. The average molecular weight is 370 g/mol. The third kappa shape index (κ3) is 6.66. The topological polar surface area (TPSA) is 76.7 Å². The summed E-state index contributed by atoms with van der Waals surface area (Å²) in [7, 11) is 0. The van der Waals surface area contributed by atoms with Crippen molar-refractivity contribution in [2.75, 3.05) is 11.9 Å². The number of amides is 2. The zero-order valence-electron chi connectivity index (χ0n) is 15.7. The van der Waals surface area contributed by atoms with Gasteiger partial charge in [-0.05, 0) is 37.6 Å². The first kappa shape index (κ1) is 20.3. The summed E-state index contributed by atoms with van der Waals surface area (Å²) in [6.45, 7) is 4.05. The molecule has 2 rings (SSSR count). The summed E-state index contributed by atoms with van der Waals surface area (Å²) < 4.78 is 10.9. The second-order valence-electron chi connectivity index (χ2n) is 5.96. The van der Waals surface area contributed by atoms with Crippen LogP contribution in [0.1, 0.15) is 33.1 Å². The van der Waals surface area contributed by atoms with E-state index in [0.717, 1.165) is 12.8 Å². The molecule has 0 aliphatic heterocycles. The first-order valence-corrected chi connectivity index (χ1v) is 9.20. The van der Waals surface area contributed by atoms with Gasteiger partial charge in [0, 0.05) is 0 Å². The van der Waals surface area contributed by atoms with Crippen LogP contribution in [-0.2, 0) is 9.53 Å². The lowest BCUT2D eigenvalue weighted by Crippen LogP contribution is -2.43. The molecule has 27 heavy (non-hydrogen) atoms. The molecule has 0 aromatic heterocycles. The van der Waals surface area contributed by atoms with E-state index in [1.807, 2.05) is 43.3 Å². The van der Waals surface area contributed by atoms with Crippen LogP contribution in [0.4, 0.5) is 10.5 Å². The number of carbonyl (C=O) groups is 2. The van der Waals surface area contributed by atoms with E-state index in [1.54, 1.807) is 25.1 Å². The number of hydrogen-bond donors (Lipinski definition) is 2. The summed E-state index contributed by atoms with van der Waals surface area (Å²) in [5.74, 6) is 0.759. The predicted octanol–water partition coefficient (Wildman–Crippen LogP) is 4.72. The largest absolute Gasteiger partial charge is 0.464 e. The molecule has 2 amide bonds. The fraction of sp³-hybridized carbons (Fsp3) is 0.333. The Morgan fingerprint density at radius 1 is 1.00 bits per heavy atom. The van der Waals surface area contributed by atoms with E-state index in [2.05, 4.69) is 10.6 Å². The number of unbranched alkanes of at least 4 members (excludes halogenated alkanes) is 1. The van der Waals surface area contributed by atoms with Gasteiger partial charge in [0.1, 0.15) is 11.8 Å². The number of nitrogens with one attached hydrogen (secondary N) is 2.